The Morgan fingerprint density at radius 3 is 2.48 bits per heavy atom. The number of benzene rings is 2. The van der Waals surface area contributed by atoms with Crippen LogP contribution in [-0.4, -0.2) is 18.0 Å². The highest BCUT2D eigenvalue weighted by Gasteiger charge is 2.43. The normalized spacial score (nSPS) is 21.1. The highest BCUT2D eigenvalue weighted by molar-refractivity contribution is 7.99. The van der Waals surface area contributed by atoms with Gasteiger partial charge in [-0.15, -0.1) is 11.8 Å². The molecule has 0 aliphatic carbocycles. The molecular weight excluding hydrogens is 300 g/mol. The molecule has 1 nitrogen and oxygen atoms in total. The van der Waals surface area contributed by atoms with E-state index in [4.69, 9.17) is 4.74 Å². The van der Waals surface area contributed by atoms with Gasteiger partial charge in [-0.25, -0.2) is 0 Å². The lowest BCUT2D eigenvalue weighted by Crippen LogP contribution is -2.10. The molecule has 23 heavy (non-hydrogen) atoms. The molecule has 0 spiro atoms. The minimum atomic E-state index is 0.427. The summed E-state index contributed by atoms with van der Waals surface area (Å²) in [6.07, 6.45) is 4.48. The van der Waals surface area contributed by atoms with E-state index in [0.717, 1.165) is 5.75 Å². The van der Waals surface area contributed by atoms with Crippen molar-refractivity contribution in [2.24, 2.45) is 0 Å². The molecular formula is C21H26OS. The molecule has 0 saturated carbocycles. The zero-order chi connectivity index (χ0) is 16.1. The van der Waals surface area contributed by atoms with E-state index < -0.39 is 0 Å². The maximum atomic E-state index is 5.98. The SMILES string of the molecule is CCC[C@H]1O[C@@H]1[C@@H](CCSc1ccc(C)cc1)c1ccccc1. The molecule has 1 aliphatic rings. The quantitative estimate of drug-likeness (QED) is 0.447. The van der Waals surface area contributed by atoms with Crippen molar-refractivity contribution in [2.75, 3.05) is 5.75 Å². The topological polar surface area (TPSA) is 12.5 Å². The van der Waals surface area contributed by atoms with Crippen LogP contribution in [0.1, 0.15) is 43.2 Å². The van der Waals surface area contributed by atoms with Gasteiger partial charge in [0.05, 0.1) is 12.2 Å². The van der Waals surface area contributed by atoms with Gasteiger partial charge in [-0.2, -0.15) is 0 Å². The summed E-state index contributed by atoms with van der Waals surface area (Å²) in [5.74, 6) is 1.67. The van der Waals surface area contributed by atoms with Crippen molar-refractivity contribution in [3.63, 3.8) is 0 Å². The third kappa shape index (κ3) is 4.62. The summed E-state index contributed by atoms with van der Waals surface area (Å²) < 4.78 is 5.98. The molecule has 0 aromatic heterocycles. The van der Waals surface area contributed by atoms with Gasteiger partial charge in [0, 0.05) is 10.8 Å². The first kappa shape index (κ1) is 16.6. The maximum Gasteiger partial charge on any atom is 0.0910 e. The first-order valence-corrected chi connectivity index (χ1v) is 9.66. The fraction of sp³-hybridized carbons (Fsp3) is 0.429. The van der Waals surface area contributed by atoms with E-state index in [-0.39, 0.29) is 0 Å². The lowest BCUT2D eigenvalue weighted by molar-refractivity contribution is 0.339. The van der Waals surface area contributed by atoms with Crippen molar-refractivity contribution in [1.29, 1.82) is 0 Å². The molecule has 0 unspecified atom stereocenters. The van der Waals surface area contributed by atoms with Gasteiger partial charge in [0.15, 0.2) is 0 Å². The summed E-state index contributed by atoms with van der Waals surface area (Å²) in [7, 11) is 0. The van der Waals surface area contributed by atoms with E-state index in [1.54, 1.807) is 0 Å². The van der Waals surface area contributed by atoms with E-state index in [2.05, 4.69) is 68.4 Å². The molecule has 0 bridgehead atoms. The van der Waals surface area contributed by atoms with Crippen LogP contribution in [0.4, 0.5) is 0 Å². The predicted octanol–water partition coefficient (Wildman–Crippen LogP) is 5.83. The average molecular weight is 327 g/mol. The second-order valence-corrected chi connectivity index (χ2v) is 7.56. The van der Waals surface area contributed by atoms with Crippen LogP contribution in [-0.2, 0) is 4.74 Å². The Hall–Kier alpha value is -1.25. The maximum absolute atomic E-state index is 5.98. The summed E-state index contributed by atoms with van der Waals surface area (Å²) in [5.41, 5.74) is 2.76. The lowest BCUT2D eigenvalue weighted by atomic mass is 9.91. The lowest BCUT2D eigenvalue weighted by Gasteiger charge is -2.15. The molecule has 1 heterocycles. The zero-order valence-electron chi connectivity index (χ0n) is 14.1. The molecule has 1 aliphatic heterocycles. The van der Waals surface area contributed by atoms with Crippen LogP contribution in [0.15, 0.2) is 59.5 Å². The van der Waals surface area contributed by atoms with E-state index in [1.165, 1.54) is 35.3 Å². The average Bonchev–Trinajstić information content (AvgIpc) is 3.33. The standard InChI is InChI=1S/C21H26OS/c1-3-7-20-21(22-20)19(17-8-5-4-6-9-17)14-15-23-18-12-10-16(2)11-13-18/h4-6,8-13,19-21H,3,7,14-15H2,1-2H3/t19-,20+,21+/m0/s1. The van der Waals surface area contributed by atoms with Gasteiger partial charge in [0.2, 0.25) is 0 Å². The summed E-state index contributed by atoms with van der Waals surface area (Å²) in [6.45, 7) is 4.38. The van der Waals surface area contributed by atoms with Gasteiger partial charge in [-0.3, -0.25) is 0 Å². The van der Waals surface area contributed by atoms with Crippen molar-refractivity contribution < 1.29 is 4.74 Å². The van der Waals surface area contributed by atoms with Crippen LogP contribution in [0, 0.1) is 6.92 Å². The van der Waals surface area contributed by atoms with Crippen LogP contribution < -0.4 is 0 Å². The third-order valence-electron chi connectivity index (χ3n) is 4.54. The van der Waals surface area contributed by atoms with Crippen LogP contribution in [0.3, 0.4) is 0 Å². The van der Waals surface area contributed by atoms with Crippen LogP contribution in [0.25, 0.3) is 0 Å². The number of aryl methyl sites for hydroxylation is 1. The molecule has 2 aromatic rings. The third-order valence-corrected chi connectivity index (χ3v) is 5.58. The Bertz CT molecular complexity index is 593. The fourth-order valence-corrected chi connectivity index (χ4v) is 4.12. The second kappa shape index (κ2) is 8.03. The molecule has 1 saturated heterocycles. The Morgan fingerprint density at radius 2 is 1.78 bits per heavy atom. The number of ether oxygens (including phenoxy) is 1. The Kier molecular flexibility index (Phi) is 5.80. The van der Waals surface area contributed by atoms with Gasteiger partial charge in [0.1, 0.15) is 0 Å². The van der Waals surface area contributed by atoms with E-state index in [1.807, 2.05) is 11.8 Å². The zero-order valence-corrected chi connectivity index (χ0v) is 14.9. The smallest absolute Gasteiger partial charge is 0.0910 e. The minimum Gasteiger partial charge on any atom is -0.369 e. The molecule has 1 fully saturated rings. The molecule has 122 valence electrons. The highest BCUT2D eigenvalue weighted by atomic mass is 32.2. The summed E-state index contributed by atoms with van der Waals surface area (Å²) in [5, 5.41) is 0. The van der Waals surface area contributed by atoms with Gasteiger partial charge >= 0.3 is 0 Å². The molecule has 3 atom stereocenters. The number of thioether (sulfide) groups is 1. The summed E-state index contributed by atoms with van der Waals surface area (Å²) in [6, 6.07) is 19.7. The summed E-state index contributed by atoms with van der Waals surface area (Å²) in [4.78, 5) is 1.37. The van der Waals surface area contributed by atoms with Gasteiger partial charge in [0.25, 0.3) is 0 Å². The van der Waals surface area contributed by atoms with Crippen LogP contribution in [0.5, 0.6) is 0 Å². The monoisotopic (exact) mass is 326 g/mol. The number of hydrogen-bond acceptors (Lipinski definition) is 2. The van der Waals surface area contributed by atoms with Crippen molar-refractivity contribution in [1.82, 2.24) is 0 Å². The molecule has 0 N–H and O–H groups in total. The van der Waals surface area contributed by atoms with Crippen LogP contribution >= 0.6 is 11.8 Å². The fourth-order valence-electron chi connectivity index (χ4n) is 3.19. The molecule has 2 aromatic carbocycles. The molecule has 2 heteroatoms. The minimum absolute atomic E-state index is 0.427. The van der Waals surface area contributed by atoms with Gasteiger partial charge < -0.3 is 4.74 Å². The van der Waals surface area contributed by atoms with Crippen molar-refractivity contribution in [3.05, 3.63) is 65.7 Å². The first-order chi connectivity index (χ1) is 11.3. The largest absolute Gasteiger partial charge is 0.369 e. The molecule has 3 rings (SSSR count). The predicted molar refractivity (Wildman–Crippen MR) is 99.3 cm³/mol. The van der Waals surface area contributed by atoms with E-state index in [0.29, 0.717) is 18.1 Å². The van der Waals surface area contributed by atoms with E-state index in [9.17, 15) is 0 Å². The van der Waals surface area contributed by atoms with Crippen molar-refractivity contribution in [2.45, 2.75) is 56.1 Å². The van der Waals surface area contributed by atoms with Crippen LogP contribution in [0.2, 0.25) is 0 Å². The molecule has 0 amide bonds. The van der Waals surface area contributed by atoms with Crippen molar-refractivity contribution in [3.8, 4) is 0 Å². The van der Waals surface area contributed by atoms with Gasteiger partial charge in [-0.1, -0.05) is 61.4 Å². The van der Waals surface area contributed by atoms with Gasteiger partial charge in [-0.05, 0) is 43.2 Å². The Balaban J connectivity index is 1.59. The highest BCUT2D eigenvalue weighted by Crippen LogP contribution is 2.41. The number of hydrogen-bond donors (Lipinski definition) is 0. The Morgan fingerprint density at radius 1 is 1.04 bits per heavy atom. The Labute approximate surface area is 144 Å². The number of rotatable bonds is 8. The molecule has 0 radical (unpaired) electrons. The first-order valence-electron chi connectivity index (χ1n) is 8.68. The number of epoxide rings is 1. The summed E-state index contributed by atoms with van der Waals surface area (Å²) >= 11 is 1.96. The van der Waals surface area contributed by atoms with Crippen molar-refractivity contribution >= 4 is 11.8 Å². The second-order valence-electron chi connectivity index (χ2n) is 6.40. The van der Waals surface area contributed by atoms with E-state index >= 15 is 0 Å².